The predicted octanol–water partition coefficient (Wildman–Crippen LogP) is 3.55. The number of nitrogens with one attached hydrogen (secondary N) is 1. The lowest BCUT2D eigenvalue weighted by molar-refractivity contribution is 0.0526. The van der Waals surface area contributed by atoms with Gasteiger partial charge in [0.15, 0.2) is 0 Å². The van der Waals surface area contributed by atoms with Crippen molar-refractivity contribution in [2.75, 3.05) is 13.7 Å². The minimum atomic E-state index is -0.347. The molecule has 0 aromatic carbocycles. The number of hydrogen-bond acceptors (Lipinski definition) is 5. The average molecular weight is 410 g/mol. The summed E-state index contributed by atoms with van der Waals surface area (Å²) in [5, 5.41) is 3.11. The highest BCUT2D eigenvalue weighted by Crippen LogP contribution is 2.34. The maximum absolute atomic E-state index is 12.6. The van der Waals surface area contributed by atoms with Crippen LogP contribution in [0.2, 0.25) is 0 Å². The number of ether oxygens (including phenoxy) is 2. The van der Waals surface area contributed by atoms with Gasteiger partial charge in [-0.25, -0.2) is 9.78 Å². The Kier molecular flexibility index (Phi) is 5.64. The highest BCUT2D eigenvalue weighted by molar-refractivity contribution is 9.10. The largest absolute Gasteiger partial charge is 0.474 e. The van der Waals surface area contributed by atoms with E-state index in [0.717, 1.165) is 28.5 Å². The summed E-state index contributed by atoms with van der Waals surface area (Å²) in [6.45, 7) is 2.69. The van der Waals surface area contributed by atoms with E-state index in [1.165, 1.54) is 12.8 Å². The van der Waals surface area contributed by atoms with Gasteiger partial charge in [-0.05, 0) is 61.7 Å². The molecular formula is C18H24BrN3O3. The fourth-order valence-electron chi connectivity index (χ4n) is 3.39. The molecule has 7 heteroatoms. The lowest BCUT2D eigenvalue weighted by atomic mass is 10.2. The molecule has 0 atom stereocenters. The molecule has 2 aromatic rings. The van der Waals surface area contributed by atoms with Crippen LogP contribution < -0.4 is 10.1 Å². The second-order valence-electron chi connectivity index (χ2n) is 6.30. The molecule has 3 rings (SSSR count). The van der Waals surface area contributed by atoms with Crippen LogP contribution in [0.25, 0.3) is 11.0 Å². The Hall–Kier alpha value is -1.60. The number of carbonyl (C=O) groups excluding carboxylic acids is 1. The number of aryl methyl sites for hydroxylation is 1. The van der Waals surface area contributed by atoms with Crippen LogP contribution in [0.4, 0.5) is 0 Å². The summed E-state index contributed by atoms with van der Waals surface area (Å²) < 4.78 is 14.1. The number of aromatic nitrogens is 2. The van der Waals surface area contributed by atoms with E-state index in [0.29, 0.717) is 30.1 Å². The minimum absolute atomic E-state index is 0.202. The molecule has 2 heterocycles. The normalized spacial score (nSPS) is 15.0. The van der Waals surface area contributed by atoms with Gasteiger partial charge in [0.1, 0.15) is 17.2 Å². The van der Waals surface area contributed by atoms with E-state index in [9.17, 15) is 4.79 Å². The highest BCUT2D eigenvalue weighted by Gasteiger charge is 2.26. The molecule has 0 radical (unpaired) electrons. The molecule has 2 aromatic heterocycles. The average Bonchev–Trinajstić information content (AvgIpc) is 3.17. The topological polar surface area (TPSA) is 65.4 Å². The van der Waals surface area contributed by atoms with Crippen molar-refractivity contribution in [2.45, 2.75) is 45.3 Å². The van der Waals surface area contributed by atoms with E-state index < -0.39 is 0 Å². The van der Waals surface area contributed by atoms with Crippen LogP contribution in [0.5, 0.6) is 5.88 Å². The Bertz CT molecular complexity index is 782. The SMILES string of the molecule is CCOC(=O)c1c(CNC)n(C)c2cc(Br)c(OC3CCCC3)nc12. The minimum Gasteiger partial charge on any atom is -0.474 e. The zero-order chi connectivity index (χ0) is 18.0. The van der Waals surface area contributed by atoms with Crippen molar-refractivity contribution in [2.24, 2.45) is 7.05 Å². The number of fused-ring (bicyclic) bond motifs is 1. The molecule has 0 saturated heterocycles. The van der Waals surface area contributed by atoms with Gasteiger partial charge < -0.3 is 19.4 Å². The Balaban J connectivity index is 2.11. The number of nitrogens with zero attached hydrogens (tertiary/aromatic N) is 2. The monoisotopic (exact) mass is 409 g/mol. The second-order valence-corrected chi connectivity index (χ2v) is 7.15. The lowest BCUT2D eigenvalue weighted by Crippen LogP contribution is -2.15. The quantitative estimate of drug-likeness (QED) is 0.738. The molecule has 1 aliphatic carbocycles. The van der Waals surface area contributed by atoms with Crippen molar-refractivity contribution in [3.8, 4) is 5.88 Å². The first-order valence-electron chi connectivity index (χ1n) is 8.73. The van der Waals surface area contributed by atoms with Crippen molar-refractivity contribution < 1.29 is 14.3 Å². The first kappa shape index (κ1) is 18.2. The second kappa shape index (κ2) is 7.74. The fraction of sp³-hybridized carbons (Fsp3) is 0.556. The number of hydrogen-bond donors (Lipinski definition) is 1. The summed E-state index contributed by atoms with van der Waals surface area (Å²) in [6.07, 6.45) is 4.69. The number of rotatable bonds is 6. The third-order valence-corrected chi connectivity index (χ3v) is 5.19. The van der Waals surface area contributed by atoms with Crippen LogP contribution in [-0.4, -0.2) is 35.3 Å². The molecule has 136 valence electrons. The Morgan fingerprint density at radius 1 is 1.44 bits per heavy atom. The van der Waals surface area contributed by atoms with Crippen molar-refractivity contribution in [3.05, 3.63) is 21.8 Å². The van der Waals surface area contributed by atoms with Crippen LogP contribution in [0.1, 0.15) is 48.7 Å². The number of halogens is 1. The van der Waals surface area contributed by atoms with Gasteiger partial charge in [0.05, 0.1) is 16.6 Å². The summed E-state index contributed by atoms with van der Waals surface area (Å²) in [5.41, 5.74) is 2.87. The lowest BCUT2D eigenvalue weighted by Gasteiger charge is -2.13. The number of carbonyl (C=O) groups is 1. The maximum atomic E-state index is 12.6. The van der Waals surface area contributed by atoms with Gasteiger partial charge >= 0.3 is 5.97 Å². The zero-order valence-electron chi connectivity index (χ0n) is 14.9. The zero-order valence-corrected chi connectivity index (χ0v) is 16.5. The first-order chi connectivity index (χ1) is 12.1. The molecule has 0 bridgehead atoms. The number of pyridine rings is 1. The van der Waals surface area contributed by atoms with Crippen molar-refractivity contribution in [3.63, 3.8) is 0 Å². The van der Waals surface area contributed by atoms with E-state index >= 15 is 0 Å². The number of esters is 1. The van der Waals surface area contributed by atoms with Gasteiger partial charge in [0.25, 0.3) is 0 Å². The molecule has 0 unspecified atom stereocenters. The summed E-state index contributed by atoms with van der Waals surface area (Å²) >= 11 is 3.57. The Labute approximate surface area is 156 Å². The van der Waals surface area contributed by atoms with E-state index in [2.05, 4.69) is 26.2 Å². The highest BCUT2D eigenvalue weighted by atomic mass is 79.9. The van der Waals surface area contributed by atoms with Crippen molar-refractivity contribution >= 4 is 32.9 Å². The fourth-order valence-corrected chi connectivity index (χ4v) is 3.79. The summed E-state index contributed by atoms with van der Waals surface area (Å²) in [6, 6.07) is 1.97. The summed E-state index contributed by atoms with van der Waals surface area (Å²) in [5.74, 6) is 0.201. The summed E-state index contributed by atoms with van der Waals surface area (Å²) in [4.78, 5) is 17.2. The van der Waals surface area contributed by atoms with Crippen molar-refractivity contribution in [1.29, 1.82) is 0 Å². The van der Waals surface area contributed by atoms with Gasteiger partial charge in [-0.15, -0.1) is 0 Å². The molecule has 1 N–H and O–H groups in total. The third-order valence-electron chi connectivity index (χ3n) is 4.62. The van der Waals surface area contributed by atoms with Gasteiger partial charge in [-0.2, -0.15) is 0 Å². The Morgan fingerprint density at radius 2 is 2.16 bits per heavy atom. The maximum Gasteiger partial charge on any atom is 0.342 e. The van der Waals surface area contributed by atoms with Crippen LogP contribution in [0.15, 0.2) is 10.5 Å². The standard InChI is InChI=1S/C18H24BrN3O3/c1-4-24-18(23)15-14(10-20-2)22(3)13-9-12(19)17(21-16(13)15)25-11-7-5-6-8-11/h9,11,20H,4-8,10H2,1-3H3. The molecular weight excluding hydrogens is 386 g/mol. The summed E-state index contributed by atoms with van der Waals surface area (Å²) in [7, 11) is 3.79. The Morgan fingerprint density at radius 3 is 2.80 bits per heavy atom. The molecule has 0 spiro atoms. The van der Waals surface area contributed by atoms with Gasteiger partial charge in [-0.1, -0.05) is 0 Å². The molecule has 0 amide bonds. The first-order valence-corrected chi connectivity index (χ1v) is 9.52. The van der Waals surface area contributed by atoms with Crippen molar-refractivity contribution in [1.82, 2.24) is 14.9 Å². The smallest absolute Gasteiger partial charge is 0.342 e. The van der Waals surface area contributed by atoms with Crippen LogP contribution in [0.3, 0.4) is 0 Å². The molecule has 25 heavy (non-hydrogen) atoms. The molecule has 1 aliphatic rings. The van der Waals surface area contributed by atoms with Crippen LogP contribution in [0, 0.1) is 0 Å². The van der Waals surface area contributed by atoms with E-state index in [1.54, 1.807) is 6.92 Å². The molecule has 6 nitrogen and oxygen atoms in total. The van der Waals surface area contributed by atoms with Gasteiger partial charge in [0, 0.05) is 19.3 Å². The molecule has 1 saturated carbocycles. The van der Waals surface area contributed by atoms with Crippen LogP contribution in [-0.2, 0) is 18.3 Å². The van der Waals surface area contributed by atoms with E-state index in [-0.39, 0.29) is 12.1 Å². The van der Waals surface area contributed by atoms with Crippen LogP contribution >= 0.6 is 15.9 Å². The molecule has 1 fully saturated rings. The van der Waals surface area contributed by atoms with E-state index in [1.807, 2.05) is 24.7 Å². The van der Waals surface area contributed by atoms with Gasteiger partial charge in [-0.3, -0.25) is 0 Å². The molecule has 0 aliphatic heterocycles. The van der Waals surface area contributed by atoms with Gasteiger partial charge in [0.2, 0.25) is 5.88 Å². The third kappa shape index (κ3) is 3.53. The predicted molar refractivity (Wildman–Crippen MR) is 100 cm³/mol. The van der Waals surface area contributed by atoms with E-state index in [4.69, 9.17) is 9.47 Å².